The normalized spacial score (nSPS) is 10.5. The summed E-state index contributed by atoms with van der Waals surface area (Å²) < 4.78 is 41.3. The molecule has 0 saturated carbocycles. The number of carbonyl (C=O) groups is 1. The van der Waals surface area contributed by atoms with Crippen molar-refractivity contribution in [1.82, 2.24) is 0 Å². The van der Waals surface area contributed by atoms with Gasteiger partial charge >= 0.3 is 0 Å². The fraction of sp³-hybridized carbons (Fsp3) is 0.222. The van der Waals surface area contributed by atoms with E-state index in [1.165, 1.54) is 0 Å². The first-order valence-electron chi connectivity index (χ1n) is 4.21. The van der Waals surface area contributed by atoms with Gasteiger partial charge in [-0.05, 0) is 6.07 Å². The number of halogens is 3. The van der Waals surface area contributed by atoms with Gasteiger partial charge in [-0.25, -0.2) is 13.2 Å². The molecular formula is C9H9F3N2O2. The molecule has 0 unspecified atom stereocenters. The van der Waals surface area contributed by atoms with E-state index in [0.29, 0.717) is 0 Å². The molecule has 1 rings (SSSR count). The summed E-state index contributed by atoms with van der Waals surface area (Å²) in [6.07, 6.45) is -2.74. The molecule has 0 atom stereocenters. The first-order valence-corrected chi connectivity index (χ1v) is 4.21. The molecule has 7 heteroatoms. The number of alkyl halides is 2. The van der Waals surface area contributed by atoms with Crippen molar-refractivity contribution in [3.05, 3.63) is 23.5 Å². The fourth-order valence-electron chi connectivity index (χ4n) is 1.05. The second-order valence-electron chi connectivity index (χ2n) is 2.94. The van der Waals surface area contributed by atoms with Crippen LogP contribution < -0.4 is 16.2 Å². The number of hydrogen-bond acceptors (Lipinski definition) is 3. The summed E-state index contributed by atoms with van der Waals surface area (Å²) in [4.78, 5) is 10.8. The molecule has 1 amide bonds. The topological polar surface area (TPSA) is 78.3 Å². The van der Waals surface area contributed by atoms with Crippen LogP contribution in [-0.2, 0) is 0 Å². The van der Waals surface area contributed by atoms with Gasteiger partial charge in [0.05, 0.1) is 5.56 Å². The van der Waals surface area contributed by atoms with Crippen LogP contribution in [0.5, 0.6) is 5.75 Å². The largest absolute Gasteiger partial charge is 0.485 e. The molecule has 4 N–H and O–H groups in total. The van der Waals surface area contributed by atoms with Crippen LogP contribution in [-0.4, -0.2) is 18.9 Å². The molecule has 1 aromatic rings. The standard InChI is InChI=1S/C9H9F3N2O2/c10-5-2-6(13)4(9(14)15)1-7(5)16-3-8(11)12/h1-2,8H,3,13H2,(H2,14,15). The lowest BCUT2D eigenvalue weighted by atomic mass is 10.1. The van der Waals surface area contributed by atoms with Crippen LogP contribution >= 0.6 is 0 Å². The van der Waals surface area contributed by atoms with E-state index in [1.807, 2.05) is 0 Å². The van der Waals surface area contributed by atoms with Gasteiger partial charge in [-0.15, -0.1) is 0 Å². The Morgan fingerprint density at radius 1 is 1.44 bits per heavy atom. The highest BCUT2D eigenvalue weighted by Gasteiger charge is 2.14. The van der Waals surface area contributed by atoms with Crippen molar-refractivity contribution in [2.45, 2.75) is 6.43 Å². The zero-order valence-corrected chi connectivity index (χ0v) is 8.04. The highest BCUT2D eigenvalue weighted by atomic mass is 19.3. The monoisotopic (exact) mass is 234 g/mol. The number of anilines is 1. The molecule has 0 aromatic heterocycles. The van der Waals surface area contributed by atoms with E-state index in [9.17, 15) is 18.0 Å². The summed E-state index contributed by atoms with van der Waals surface area (Å²) in [7, 11) is 0. The van der Waals surface area contributed by atoms with Gasteiger partial charge in [0.2, 0.25) is 0 Å². The van der Waals surface area contributed by atoms with Crippen LogP contribution in [0.25, 0.3) is 0 Å². The van der Waals surface area contributed by atoms with E-state index < -0.39 is 30.5 Å². The highest BCUT2D eigenvalue weighted by molar-refractivity contribution is 5.98. The summed E-state index contributed by atoms with van der Waals surface area (Å²) >= 11 is 0. The summed E-state index contributed by atoms with van der Waals surface area (Å²) in [6, 6.07) is 1.69. The minimum absolute atomic E-state index is 0.172. The van der Waals surface area contributed by atoms with E-state index in [1.54, 1.807) is 0 Å². The van der Waals surface area contributed by atoms with Gasteiger partial charge in [0.15, 0.2) is 11.6 Å². The van der Waals surface area contributed by atoms with Crippen LogP contribution in [0.4, 0.5) is 18.9 Å². The van der Waals surface area contributed by atoms with Gasteiger partial charge < -0.3 is 16.2 Å². The van der Waals surface area contributed by atoms with Gasteiger partial charge in [0.1, 0.15) is 6.61 Å². The molecular weight excluding hydrogens is 225 g/mol. The molecule has 0 heterocycles. The number of ether oxygens (including phenoxy) is 1. The zero-order valence-electron chi connectivity index (χ0n) is 8.04. The van der Waals surface area contributed by atoms with Crippen LogP contribution in [0, 0.1) is 5.82 Å². The highest BCUT2D eigenvalue weighted by Crippen LogP contribution is 2.24. The maximum Gasteiger partial charge on any atom is 0.272 e. The lowest BCUT2D eigenvalue weighted by Gasteiger charge is -2.09. The number of primary amides is 1. The van der Waals surface area contributed by atoms with Gasteiger partial charge in [0.25, 0.3) is 12.3 Å². The Bertz CT molecular complexity index is 410. The van der Waals surface area contributed by atoms with Gasteiger partial charge in [-0.3, -0.25) is 4.79 Å². The van der Waals surface area contributed by atoms with Gasteiger partial charge in [0, 0.05) is 11.8 Å². The van der Waals surface area contributed by atoms with Crippen LogP contribution in [0.3, 0.4) is 0 Å². The van der Waals surface area contributed by atoms with E-state index in [4.69, 9.17) is 11.5 Å². The second kappa shape index (κ2) is 4.73. The fourth-order valence-corrected chi connectivity index (χ4v) is 1.05. The molecule has 88 valence electrons. The molecule has 0 fully saturated rings. The molecule has 0 radical (unpaired) electrons. The quantitative estimate of drug-likeness (QED) is 0.767. The van der Waals surface area contributed by atoms with Crippen molar-refractivity contribution in [2.75, 3.05) is 12.3 Å². The summed E-state index contributed by atoms with van der Waals surface area (Å²) in [5.41, 5.74) is 9.90. The number of hydrogen-bond donors (Lipinski definition) is 2. The third kappa shape index (κ3) is 2.78. The average Bonchev–Trinajstić information content (AvgIpc) is 2.15. The van der Waals surface area contributed by atoms with E-state index >= 15 is 0 Å². The van der Waals surface area contributed by atoms with E-state index in [2.05, 4.69) is 4.74 Å². The first-order chi connectivity index (χ1) is 7.41. The van der Waals surface area contributed by atoms with Gasteiger partial charge in [-0.1, -0.05) is 0 Å². The van der Waals surface area contributed by atoms with Crippen molar-refractivity contribution in [2.24, 2.45) is 5.73 Å². The number of benzene rings is 1. The lowest BCUT2D eigenvalue weighted by molar-refractivity contribution is 0.0798. The van der Waals surface area contributed by atoms with E-state index in [0.717, 1.165) is 12.1 Å². The van der Waals surface area contributed by atoms with Crippen LogP contribution in [0.2, 0.25) is 0 Å². The third-order valence-electron chi connectivity index (χ3n) is 1.73. The summed E-state index contributed by atoms with van der Waals surface area (Å²) in [6.45, 7) is -0.973. The number of carbonyl (C=O) groups excluding carboxylic acids is 1. The smallest absolute Gasteiger partial charge is 0.272 e. The third-order valence-corrected chi connectivity index (χ3v) is 1.73. The van der Waals surface area contributed by atoms with Crippen molar-refractivity contribution >= 4 is 11.6 Å². The van der Waals surface area contributed by atoms with Crippen molar-refractivity contribution < 1.29 is 22.7 Å². The Balaban J connectivity index is 3.00. The molecule has 0 aliphatic heterocycles. The van der Waals surface area contributed by atoms with Crippen molar-refractivity contribution in [1.29, 1.82) is 0 Å². The molecule has 0 bridgehead atoms. The molecule has 0 spiro atoms. The predicted molar refractivity (Wildman–Crippen MR) is 50.8 cm³/mol. The maximum absolute atomic E-state index is 13.1. The Kier molecular flexibility index (Phi) is 3.60. The maximum atomic E-state index is 13.1. The number of rotatable bonds is 4. The van der Waals surface area contributed by atoms with Gasteiger partial charge in [-0.2, -0.15) is 0 Å². The summed E-state index contributed by atoms with van der Waals surface area (Å²) in [5, 5.41) is 0. The SMILES string of the molecule is NC(=O)c1cc(OCC(F)F)c(F)cc1N. The minimum Gasteiger partial charge on any atom is -0.485 e. The number of nitrogen functional groups attached to an aromatic ring is 1. The van der Waals surface area contributed by atoms with Crippen molar-refractivity contribution in [3.63, 3.8) is 0 Å². The average molecular weight is 234 g/mol. The zero-order chi connectivity index (χ0) is 12.3. The van der Waals surface area contributed by atoms with E-state index in [-0.39, 0.29) is 11.3 Å². The second-order valence-corrected chi connectivity index (χ2v) is 2.94. The van der Waals surface area contributed by atoms with Crippen LogP contribution in [0.15, 0.2) is 12.1 Å². The molecule has 0 aliphatic rings. The molecule has 0 aliphatic carbocycles. The molecule has 16 heavy (non-hydrogen) atoms. The Morgan fingerprint density at radius 2 is 2.06 bits per heavy atom. The van der Waals surface area contributed by atoms with Crippen molar-refractivity contribution in [3.8, 4) is 5.75 Å². The molecule has 0 saturated heterocycles. The number of nitrogens with two attached hydrogens (primary N) is 2. The Morgan fingerprint density at radius 3 is 2.56 bits per heavy atom. The lowest BCUT2D eigenvalue weighted by Crippen LogP contribution is -2.15. The minimum atomic E-state index is -2.74. The number of amides is 1. The summed E-state index contributed by atoms with van der Waals surface area (Å²) in [5.74, 6) is -2.30. The molecule has 4 nitrogen and oxygen atoms in total. The predicted octanol–water partition coefficient (Wildman–Crippen LogP) is 1.15. The van der Waals surface area contributed by atoms with Crippen LogP contribution in [0.1, 0.15) is 10.4 Å². The Labute approximate surface area is 89.0 Å². The first kappa shape index (κ1) is 12.2. The molecule has 1 aromatic carbocycles. The Hall–Kier alpha value is -1.92.